The summed E-state index contributed by atoms with van der Waals surface area (Å²) in [6, 6.07) is 15.9. The van der Waals surface area contributed by atoms with Gasteiger partial charge in [-0.05, 0) is 30.3 Å². The third-order valence-corrected chi connectivity index (χ3v) is 6.75. The zero-order valence-electron chi connectivity index (χ0n) is 21.2. The van der Waals surface area contributed by atoms with Crippen LogP contribution in [0.25, 0.3) is 0 Å². The average Bonchev–Trinajstić information content (AvgIpc) is 2.92. The summed E-state index contributed by atoms with van der Waals surface area (Å²) in [5.74, 6) is 1.33. The van der Waals surface area contributed by atoms with E-state index in [4.69, 9.17) is 27.9 Å². The highest BCUT2D eigenvalue weighted by Gasteiger charge is 2.28. The van der Waals surface area contributed by atoms with Crippen molar-refractivity contribution in [2.24, 2.45) is 0 Å². The predicted molar refractivity (Wildman–Crippen MR) is 136 cm³/mol. The van der Waals surface area contributed by atoms with Crippen molar-refractivity contribution in [1.29, 1.82) is 0 Å². The molecule has 0 saturated carbocycles. The molecule has 0 fully saturated rings. The van der Waals surface area contributed by atoms with Gasteiger partial charge in [-0.3, -0.25) is 0 Å². The summed E-state index contributed by atoms with van der Waals surface area (Å²) in [4.78, 5) is 11.9. The van der Waals surface area contributed by atoms with Gasteiger partial charge in [-0.1, -0.05) is 18.2 Å². The first-order chi connectivity index (χ1) is 17.7. The number of rotatable bonds is 12. The maximum absolute atomic E-state index is 13.6. The maximum Gasteiger partial charge on any atom is 0.385 e. The van der Waals surface area contributed by atoms with Gasteiger partial charge in [0.05, 0.1) is 41.1 Å². The Morgan fingerprint density at radius 3 is 1.70 bits per heavy atom. The summed E-state index contributed by atoms with van der Waals surface area (Å²) in [5.41, 5.74) is 1.30. The molecule has 0 aliphatic carbocycles. The second kappa shape index (κ2) is 12.3. The van der Waals surface area contributed by atoms with Gasteiger partial charge in [0.2, 0.25) is 0 Å². The summed E-state index contributed by atoms with van der Waals surface area (Å²) in [7, 11) is 2.86. The molecule has 0 amide bonds. The van der Waals surface area contributed by atoms with Crippen LogP contribution < -0.4 is 23.1 Å². The molecule has 0 N–H and O–H groups in total. The lowest BCUT2D eigenvalue weighted by atomic mass is 10.1. The van der Waals surface area contributed by atoms with E-state index in [1.807, 2.05) is 0 Å². The van der Waals surface area contributed by atoms with Crippen molar-refractivity contribution >= 4 is 16.3 Å². The Bertz CT molecular complexity index is 1280. The van der Waals surface area contributed by atoms with Crippen LogP contribution in [0, 0.1) is 0 Å². The summed E-state index contributed by atoms with van der Waals surface area (Å²) < 4.78 is 59.8. The molecule has 0 atom stereocenters. The fourth-order valence-corrected chi connectivity index (χ4v) is 4.57. The fraction of sp³-hybridized carbons (Fsp3) is 0.269. The molecule has 3 rings (SSSR count). The Balaban J connectivity index is 2.02. The van der Waals surface area contributed by atoms with Crippen molar-refractivity contribution in [2.45, 2.75) is 13.1 Å². The van der Waals surface area contributed by atoms with E-state index in [-0.39, 0.29) is 24.4 Å². The van der Waals surface area contributed by atoms with Crippen LogP contribution in [0.15, 0.2) is 60.7 Å². The van der Waals surface area contributed by atoms with E-state index in [1.165, 1.54) is 59.8 Å². The molecule has 0 saturated heterocycles. The molecule has 3 aromatic carbocycles. The fourth-order valence-electron chi connectivity index (χ4n) is 3.53. The van der Waals surface area contributed by atoms with Crippen LogP contribution in [-0.4, -0.2) is 54.2 Å². The van der Waals surface area contributed by atoms with Gasteiger partial charge in [0, 0.05) is 36.3 Å². The molecule has 0 aromatic heterocycles. The van der Waals surface area contributed by atoms with E-state index >= 15 is 0 Å². The smallest absolute Gasteiger partial charge is 0.385 e. The molecule has 37 heavy (non-hydrogen) atoms. The predicted octanol–water partition coefficient (Wildman–Crippen LogP) is 3.83. The number of ether oxygens (including phenoxy) is 5. The Kier molecular flexibility index (Phi) is 9.20. The number of hydrogen-bond donors (Lipinski definition) is 0. The number of carbonyl (C=O) groups is 1. The Labute approximate surface area is 216 Å². The number of carbonyl (C=O) groups excluding carboxylic acids is 1. The van der Waals surface area contributed by atoms with Crippen molar-refractivity contribution in [1.82, 2.24) is 4.31 Å². The summed E-state index contributed by atoms with van der Waals surface area (Å²) in [6.07, 6.45) is 0. The quantitative estimate of drug-likeness (QED) is 0.322. The van der Waals surface area contributed by atoms with E-state index in [0.717, 1.165) is 4.31 Å². The van der Waals surface area contributed by atoms with Crippen LogP contribution in [-0.2, 0) is 28.1 Å². The number of benzene rings is 3. The number of nitrogens with zero attached hydrogens (tertiary/aromatic N) is 1. The Morgan fingerprint density at radius 1 is 0.703 bits per heavy atom. The molecule has 10 nitrogen and oxygen atoms in total. The molecular formula is C26H29NO9S. The molecule has 11 heteroatoms. The zero-order valence-corrected chi connectivity index (χ0v) is 22.0. The number of esters is 1. The third-order valence-electron chi connectivity index (χ3n) is 5.45. The monoisotopic (exact) mass is 531 g/mol. The lowest BCUT2D eigenvalue weighted by molar-refractivity contribution is 0.0600. The standard InChI is InChI=1S/C26H29NO9S/c1-31-21-11-9-19(24(14-21)33-3)16-27(17-20-10-12-22(32-2)15-25(20)34-4)37(29,30)36-23-8-6-7-18(13-23)26(28)35-5/h6-15H,16-17H2,1-5H3. The molecule has 0 radical (unpaired) electrons. The van der Waals surface area contributed by atoms with Crippen molar-refractivity contribution in [3.8, 4) is 28.7 Å². The van der Waals surface area contributed by atoms with Crippen LogP contribution in [0.5, 0.6) is 28.7 Å². The molecule has 0 unspecified atom stereocenters. The lowest BCUT2D eigenvalue weighted by Gasteiger charge is -2.24. The van der Waals surface area contributed by atoms with Crippen LogP contribution in [0.3, 0.4) is 0 Å². The van der Waals surface area contributed by atoms with Crippen molar-refractivity contribution in [2.75, 3.05) is 35.5 Å². The first-order valence-electron chi connectivity index (χ1n) is 11.0. The summed E-state index contributed by atoms with van der Waals surface area (Å²) in [6.45, 7) is -0.192. The normalized spacial score (nSPS) is 11.1. The largest absolute Gasteiger partial charge is 0.497 e. The number of hydrogen-bond acceptors (Lipinski definition) is 9. The van der Waals surface area contributed by atoms with Gasteiger partial charge >= 0.3 is 16.3 Å². The lowest BCUT2D eigenvalue weighted by Crippen LogP contribution is -2.34. The molecule has 3 aromatic rings. The second-order valence-electron chi connectivity index (χ2n) is 7.68. The first kappa shape index (κ1) is 27.6. The van der Waals surface area contributed by atoms with E-state index in [1.54, 1.807) is 36.4 Å². The van der Waals surface area contributed by atoms with Gasteiger partial charge in [-0.2, -0.15) is 12.7 Å². The van der Waals surface area contributed by atoms with Gasteiger partial charge in [0.1, 0.15) is 28.7 Å². The first-order valence-corrected chi connectivity index (χ1v) is 12.4. The summed E-state index contributed by atoms with van der Waals surface area (Å²) in [5, 5.41) is 0. The molecule has 0 aliphatic heterocycles. The molecule has 0 spiro atoms. The minimum atomic E-state index is -4.39. The Morgan fingerprint density at radius 2 is 1.24 bits per heavy atom. The third kappa shape index (κ3) is 6.83. The number of methoxy groups -OCH3 is 5. The molecule has 0 aliphatic rings. The van der Waals surface area contributed by atoms with Crippen molar-refractivity contribution < 1.29 is 41.1 Å². The van der Waals surface area contributed by atoms with Gasteiger partial charge in [-0.15, -0.1) is 0 Å². The zero-order chi connectivity index (χ0) is 27.0. The maximum atomic E-state index is 13.6. The van der Waals surface area contributed by atoms with Gasteiger partial charge in [0.15, 0.2) is 0 Å². The highest BCUT2D eigenvalue weighted by Crippen LogP contribution is 2.31. The van der Waals surface area contributed by atoms with Crippen LogP contribution >= 0.6 is 0 Å². The second-order valence-corrected chi connectivity index (χ2v) is 9.22. The molecule has 198 valence electrons. The molecular weight excluding hydrogens is 502 g/mol. The minimum Gasteiger partial charge on any atom is -0.497 e. The topological polar surface area (TPSA) is 110 Å². The van der Waals surface area contributed by atoms with E-state index in [2.05, 4.69) is 0 Å². The van der Waals surface area contributed by atoms with Crippen molar-refractivity contribution in [3.63, 3.8) is 0 Å². The molecule has 0 bridgehead atoms. The van der Waals surface area contributed by atoms with Gasteiger partial charge < -0.3 is 27.9 Å². The van der Waals surface area contributed by atoms with Crippen LogP contribution in [0.1, 0.15) is 21.5 Å². The average molecular weight is 532 g/mol. The van der Waals surface area contributed by atoms with E-state index < -0.39 is 16.3 Å². The minimum absolute atomic E-state index is 0.0451. The molecule has 0 heterocycles. The van der Waals surface area contributed by atoms with Gasteiger partial charge in [-0.25, -0.2) is 4.79 Å². The summed E-state index contributed by atoms with van der Waals surface area (Å²) >= 11 is 0. The van der Waals surface area contributed by atoms with Crippen LogP contribution in [0.2, 0.25) is 0 Å². The highest BCUT2D eigenvalue weighted by molar-refractivity contribution is 7.84. The van der Waals surface area contributed by atoms with E-state index in [0.29, 0.717) is 34.1 Å². The van der Waals surface area contributed by atoms with Crippen molar-refractivity contribution in [3.05, 3.63) is 77.4 Å². The Hall–Kier alpha value is -3.96. The SMILES string of the molecule is COC(=O)c1cccc(OS(=O)(=O)N(Cc2ccc(OC)cc2OC)Cc2ccc(OC)cc2OC)c1. The van der Waals surface area contributed by atoms with Crippen LogP contribution in [0.4, 0.5) is 0 Å². The highest BCUT2D eigenvalue weighted by atomic mass is 32.2. The van der Waals surface area contributed by atoms with Gasteiger partial charge in [0.25, 0.3) is 0 Å². The van der Waals surface area contributed by atoms with E-state index in [9.17, 15) is 13.2 Å².